The molecule has 2 rings (SSSR count). The van der Waals surface area contributed by atoms with Gasteiger partial charge in [-0.15, -0.1) is 0 Å². The van der Waals surface area contributed by atoms with E-state index in [2.05, 4.69) is 0 Å². The molecule has 0 saturated carbocycles. The molecule has 0 radical (unpaired) electrons. The fourth-order valence-electron chi connectivity index (χ4n) is 3.64. The molecule has 1 aliphatic heterocycles. The van der Waals surface area contributed by atoms with Crippen LogP contribution in [0.3, 0.4) is 0 Å². The molecule has 0 spiro atoms. The number of hydrogen-bond donors (Lipinski definition) is 0. The van der Waals surface area contributed by atoms with Gasteiger partial charge >= 0.3 is 17.9 Å². The molecule has 0 bridgehead atoms. The molecule has 0 aromatic carbocycles. The van der Waals surface area contributed by atoms with E-state index in [0.717, 1.165) is 5.57 Å². The molecule has 0 saturated heterocycles. The Morgan fingerprint density at radius 1 is 1.03 bits per heavy atom. The van der Waals surface area contributed by atoms with Gasteiger partial charge in [0.15, 0.2) is 0 Å². The van der Waals surface area contributed by atoms with Gasteiger partial charge in [-0.2, -0.15) is 0 Å². The van der Waals surface area contributed by atoms with Crippen molar-refractivity contribution in [2.24, 2.45) is 22.7 Å². The molecule has 0 amide bonds. The van der Waals surface area contributed by atoms with Crippen LogP contribution in [0.15, 0.2) is 23.5 Å². The largest absolute Gasteiger partial charge is 0.466 e. The highest BCUT2D eigenvalue weighted by molar-refractivity contribution is 5.89. The molecule has 0 aromatic rings. The zero-order chi connectivity index (χ0) is 22.7. The lowest BCUT2D eigenvalue weighted by atomic mass is 9.83. The third-order valence-electron chi connectivity index (χ3n) is 4.94. The van der Waals surface area contributed by atoms with Gasteiger partial charge in [0.1, 0.15) is 6.61 Å². The summed E-state index contributed by atoms with van der Waals surface area (Å²) in [4.78, 5) is 36.7. The van der Waals surface area contributed by atoms with E-state index in [1.54, 1.807) is 0 Å². The minimum Gasteiger partial charge on any atom is -0.466 e. The first-order valence-electron chi connectivity index (χ1n) is 10.3. The molecule has 0 fully saturated rings. The number of fused-ring (bicyclic) bond motifs is 1. The van der Waals surface area contributed by atoms with E-state index in [-0.39, 0.29) is 41.7 Å². The normalized spacial score (nSPS) is 23.5. The number of rotatable bonds is 6. The van der Waals surface area contributed by atoms with E-state index >= 15 is 0 Å². The number of carbonyl (C=O) groups is 3. The van der Waals surface area contributed by atoms with Gasteiger partial charge < -0.3 is 18.9 Å². The highest BCUT2D eigenvalue weighted by Crippen LogP contribution is 2.44. The number of hydrogen-bond acceptors (Lipinski definition) is 7. The standard InChI is InChI=1S/C23H34O7/c1-22(2,3)10-17(24)28-12-14-8-9-15-16(20(26)27-7)13-29-21(19(14)15)30-18(25)11-23(4,5)6/h8,13,15,19,21H,9-12H2,1-7H3/t15?,19?,21-/m0/s1. The van der Waals surface area contributed by atoms with Crippen LogP contribution < -0.4 is 0 Å². The first-order chi connectivity index (χ1) is 13.8. The fraction of sp³-hybridized carbons (Fsp3) is 0.696. The minimum absolute atomic E-state index is 0.0706. The summed E-state index contributed by atoms with van der Waals surface area (Å²) in [5.41, 5.74) is 0.765. The van der Waals surface area contributed by atoms with Crippen LogP contribution in [0.2, 0.25) is 0 Å². The van der Waals surface area contributed by atoms with Crippen molar-refractivity contribution >= 4 is 17.9 Å². The van der Waals surface area contributed by atoms with Crippen molar-refractivity contribution in [3.63, 3.8) is 0 Å². The van der Waals surface area contributed by atoms with Crippen molar-refractivity contribution in [3.05, 3.63) is 23.5 Å². The van der Waals surface area contributed by atoms with Crippen LogP contribution in [0.4, 0.5) is 0 Å². The Balaban J connectivity index is 2.15. The van der Waals surface area contributed by atoms with Crippen molar-refractivity contribution in [1.29, 1.82) is 0 Å². The Morgan fingerprint density at radius 2 is 1.63 bits per heavy atom. The zero-order valence-corrected chi connectivity index (χ0v) is 19.1. The summed E-state index contributed by atoms with van der Waals surface area (Å²) in [6.07, 6.45) is 3.45. The molecular weight excluding hydrogens is 388 g/mol. The third-order valence-corrected chi connectivity index (χ3v) is 4.94. The van der Waals surface area contributed by atoms with Crippen molar-refractivity contribution in [2.45, 2.75) is 67.1 Å². The first kappa shape index (κ1) is 24.0. The highest BCUT2D eigenvalue weighted by Gasteiger charge is 2.46. The van der Waals surface area contributed by atoms with Crippen LogP contribution in [0, 0.1) is 22.7 Å². The van der Waals surface area contributed by atoms with E-state index in [1.807, 2.05) is 47.6 Å². The van der Waals surface area contributed by atoms with Gasteiger partial charge in [-0.3, -0.25) is 9.59 Å². The van der Waals surface area contributed by atoms with Gasteiger partial charge in [-0.05, 0) is 22.8 Å². The maximum Gasteiger partial charge on any atom is 0.337 e. The van der Waals surface area contributed by atoms with E-state index < -0.39 is 18.2 Å². The predicted octanol–water partition coefficient (Wildman–Crippen LogP) is 3.92. The highest BCUT2D eigenvalue weighted by atomic mass is 16.7. The van der Waals surface area contributed by atoms with Gasteiger partial charge in [0.25, 0.3) is 6.29 Å². The number of esters is 3. The lowest BCUT2D eigenvalue weighted by molar-refractivity contribution is -0.184. The molecule has 2 aliphatic rings. The average Bonchev–Trinajstić information content (AvgIpc) is 3.01. The summed E-state index contributed by atoms with van der Waals surface area (Å²) in [5, 5.41) is 0. The topological polar surface area (TPSA) is 88.1 Å². The number of carbonyl (C=O) groups excluding carboxylic acids is 3. The van der Waals surface area contributed by atoms with Crippen molar-refractivity contribution in [3.8, 4) is 0 Å². The molecule has 168 valence electrons. The molecule has 7 nitrogen and oxygen atoms in total. The molecule has 30 heavy (non-hydrogen) atoms. The van der Waals surface area contributed by atoms with Crippen LogP contribution in [0.1, 0.15) is 60.8 Å². The summed E-state index contributed by atoms with van der Waals surface area (Å²) < 4.78 is 21.6. The summed E-state index contributed by atoms with van der Waals surface area (Å²) in [6, 6.07) is 0. The number of ether oxygens (including phenoxy) is 4. The summed E-state index contributed by atoms with van der Waals surface area (Å²) in [7, 11) is 1.31. The Morgan fingerprint density at radius 3 is 2.20 bits per heavy atom. The SMILES string of the molecule is COC(=O)C1=CO[C@@H](OC(=O)CC(C)(C)C)C2C(COC(=O)CC(C)(C)C)=CCC12. The molecule has 1 aliphatic carbocycles. The summed E-state index contributed by atoms with van der Waals surface area (Å²) in [5.74, 6) is -1.82. The maximum atomic E-state index is 12.4. The second-order valence-corrected chi connectivity index (χ2v) is 10.3. The van der Waals surface area contributed by atoms with Crippen molar-refractivity contribution < 1.29 is 33.3 Å². The lowest BCUT2D eigenvalue weighted by Gasteiger charge is -2.34. The van der Waals surface area contributed by atoms with Gasteiger partial charge in [0, 0.05) is 5.92 Å². The van der Waals surface area contributed by atoms with Gasteiger partial charge in [0.05, 0.1) is 37.7 Å². The van der Waals surface area contributed by atoms with E-state index in [0.29, 0.717) is 18.4 Å². The Bertz CT molecular complexity index is 734. The Kier molecular flexibility index (Phi) is 7.37. The average molecular weight is 423 g/mol. The molecule has 0 N–H and O–H groups in total. The van der Waals surface area contributed by atoms with E-state index in [9.17, 15) is 14.4 Å². The summed E-state index contributed by atoms with van der Waals surface area (Å²) >= 11 is 0. The molecule has 0 aromatic heterocycles. The Labute approximate surface area is 178 Å². The second-order valence-electron chi connectivity index (χ2n) is 10.3. The smallest absolute Gasteiger partial charge is 0.337 e. The Hall–Kier alpha value is -2.31. The van der Waals surface area contributed by atoms with Crippen LogP contribution in [-0.4, -0.2) is 37.9 Å². The number of methoxy groups -OCH3 is 1. The lowest BCUT2D eigenvalue weighted by Crippen LogP contribution is -2.39. The van der Waals surface area contributed by atoms with E-state index in [1.165, 1.54) is 13.4 Å². The third kappa shape index (κ3) is 6.61. The molecule has 3 atom stereocenters. The second kappa shape index (κ2) is 9.23. The molecule has 2 unspecified atom stereocenters. The van der Waals surface area contributed by atoms with Gasteiger partial charge in [-0.25, -0.2) is 4.79 Å². The first-order valence-corrected chi connectivity index (χ1v) is 10.3. The van der Waals surface area contributed by atoms with Crippen LogP contribution in [0.5, 0.6) is 0 Å². The van der Waals surface area contributed by atoms with Crippen molar-refractivity contribution in [1.82, 2.24) is 0 Å². The minimum atomic E-state index is -0.881. The maximum absolute atomic E-state index is 12.4. The molecule has 7 heteroatoms. The van der Waals surface area contributed by atoms with Crippen LogP contribution >= 0.6 is 0 Å². The van der Waals surface area contributed by atoms with Gasteiger partial charge in [0.2, 0.25) is 0 Å². The molecule has 1 heterocycles. The van der Waals surface area contributed by atoms with Gasteiger partial charge in [-0.1, -0.05) is 47.6 Å². The quantitative estimate of drug-likeness (QED) is 0.364. The van der Waals surface area contributed by atoms with Crippen LogP contribution in [0.25, 0.3) is 0 Å². The fourth-order valence-corrected chi connectivity index (χ4v) is 3.64. The molecular formula is C23H34O7. The zero-order valence-electron chi connectivity index (χ0n) is 19.1. The van der Waals surface area contributed by atoms with Crippen molar-refractivity contribution in [2.75, 3.05) is 13.7 Å². The monoisotopic (exact) mass is 422 g/mol. The predicted molar refractivity (Wildman–Crippen MR) is 110 cm³/mol. The van der Waals surface area contributed by atoms with E-state index in [4.69, 9.17) is 18.9 Å². The van der Waals surface area contributed by atoms with Crippen LogP contribution in [-0.2, 0) is 33.3 Å². The summed E-state index contributed by atoms with van der Waals surface area (Å²) in [6.45, 7) is 11.8. The number of allylic oxidation sites excluding steroid dienone is 1.